The van der Waals surface area contributed by atoms with E-state index in [0.717, 1.165) is 5.56 Å². The highest BCUT2D eigenvalue weighted by atomic mass is 16.5. The van der Waals surface area contributed by atoms with Crippen molar-refractivity contribution >= 4 is 0 Å². The lowest BCUT2D eigenvalue weighted by molar-refractivity contribution is 0.298. The molecular formula is C15H18N2O4. The molecule has 21 heavy (non-hydrogen) atoms. The zero-order valence-electron chi connectivity index (χ0n) is 12.3. The lowest BCUT2D eigenvalue weighted by atomic mass is 10.1. The Morgan fingerprint density at radius 3 is 2.52 bits per heavy atom. The summed E-state index contributed by atoms with van der Waals surface area (Å²) in [6.07, 6.45) is 0.292. The SMILES string of the molecule is COc1ccc(-c2nc(C)c(CCO)c(=O)[nH]2)cc1OC. The monoisotopic (exact) mass is 290 g/mol. The number of benzene rings is 1. The molecule has 0 fully saturated rings. The van der Waals surface area contributed by atoms with Crippen molar-refractivity contribution in [2.75, 3.05) is 20.8 Å². The number of aromatic amines is 1. The molecule has 1 heterocycles. The second-order valence-electron chi connectivity index (χ2n) is 4.52. The van der Waals surface area contributed by atoms with Crippen molar-refractivity contribution in [3.63, 3.8) is 0 Å². The smallest absolute Gasteiger partial charge is 0.254 e. The lowest BCUT2D eigenvalue weighted by Gasteiger charge is -2.10. The average Bonchev–Trinajstić information content (AvgIpc) is 2.50. The van der Waals surface area contributed by atoms with Gasteiger partial charge in [-0.1, -0.05) is 0 Å². The van der Waals surface area contributed by atoms with Crippen molar-refractivity contribution in [3.05, 3.63) is 39.8 Å². The number of aromatic nitrogens is 2. The van der Waals surface area contributed by atoms with Crippen molar-refractivity contribution in [2.24, 2.45) is 0 Å². The molecule has 6 heteroatoms. The van der Waals surface area contributed by atoms with E-state index >= 15 is 0 Å². The highest BCUT2D eigenvalue weighted by Gasteiger charge is 2.11. The van der Waals surface area contributed by atoms with E-state index in [1.54, 1.807) is 39.3 Å². The van der Waals surface area contributed by atoms with Crippen molar-refractivity contribution in [1.29, 1.82) is 0 Å². The highest BCUT2D eigenvalue weighted by molar-refractivity contribution is 5.61. The summed E-state index contributed by atoms with van der Waals surface area (Å²) in [5.74, 6) is 1.63. The molecule has 0 unspecified atom stereocenters. The molecule has 112 valence electrons. The number of hydrogen-bond acceptors (Lipinski definition) is 5. The molecule has 0 atom stereocenters. The zero-order valence-corrected chi connectivity index (χ0v) is 12.3. The van der Waals surface area contributed by atoms with Crippen LogP contribution in [-0.4, -0.2) is 35.9 Å². The first-order valence-corrected chi connectivity index (χ1v) is 6.53. The first kappa shape index (κ1) is 15.1. The Hall–Kier alpha value is -2.34. The van der Waals surface area contributed by atoms with Gasteiger partial charge in [0.25, 0.3) is 5.56 Å². The summed E-state index contributed by atoms with van der Waals surface area (Å²) in [5.41, 5.74) is 1.60. The van der Waals surface area contributed by atoms with Gasteiger partial charge in [-0.05, 0) is 25.1 Å². The fraction of sp³-hybridized carbons (Fsp3) is 0.333. The number of nitrogens with zero attached hydrogens (tertiary/aromatic N) is 1. The molecule has 0 aliphatic carbocycles. The summed E-state index contributed by atoms with van der Waals surface area (Å²) in [6.45, 7) is 1.67. The van der Waals surface area contributed by atoms with E-state index < -0.39 is 0 Å². The van der Waals surface area contributed by atoms with Gasteiger partial charge in [-0.25, -0.2) is 4.98 Å². The number of aryl methyl sites for hydroxylation is 1. The first-order chi connectivity index (χ1) is 10.1. The molecule has 0 aliphatic heterocycles. The van der Waals surface area contributed by atoms with Crippen LogP contribution in [0.25, 0.3) is 11.4 Å². The quantitative estimate of drug-likeness (QED) is 0.867. The van der Waals surface area contributed by atoms with E-state index in [0.29, 0.717) is 35.0 Å². The minimum atomic E-state index is -0.235. The normalized spacial score (nSPS) is 10.5. The van der Waals surface area contributed by atoms with E-state index in [-0.39, 0.29) is 12.2 Å². The fourth-order valence-electron chi connectivity index (χ4n) is 2.14. The molecule has 1 aromatic carbocycles. The number of methoxy groups -OCH3 is 2. The van der Waals surface area contributed by atoms with Gasteiger partial charge >= 0.3 is 0 Å². The van der Waals surface area contributed by atoms with Crippen molar-refractivity contribution in [2.45, 2.75) is 13.3 Å². The summed E-state index contributed by atoms with van der Waals surface area (Å²) in [7, 11) is 3.11. The largest absolute Gasteiger partial charge is 0.493 e. The summed E-state index contributed by atoms with van der Waals surface area (Å²) in [6, 6.07) is 5.30. The maximum Gasteiger partial charge on any atom is 0.254 e. The molecule has 0 saturated carbocycles. The Balaban J connectivity index is 2.50. The van der Waals surface area contributed by atoms with E-state index in [1.807, 2.05) is 0 Å². The maximum atomic E-state index is 12.0. The van der Waals surface area contributed by atoms with Crippen LogP contribution < -0.4 is 15.0 Å². The van der Waals surface area contributed by atoms with Gasteiger partial charge in [0.05, 0.1) is 14.2 Å². The molecule has 2 N–H and O–H groups in total. The molecule has 0 spiro atoms. The number of hydrogen-bond donors (Lipinski definition) is 2. The van der Waals surface area contributed by atoms with Gasteiger partial charge < -0.3 is 19.6 Å². The number of H-pyrrole nitrogens is 1. The number of rotatable bonds is 5. The Morgan fingerprint density at radius 2 is 1.95 bits per heavy atom. The zero-order chi connectivity index (χ0) is 15.4. The van der Waals surface area contributed by atoms with Gasteiger partial charge in [0.15, 0.2) is 11.5 Å². The van der Waals surface area contributed by atoms with Crippen LogP contribution >= 0.6 is 0 Å². The minimum absolute atomic E-state index is 0.0820. The Kier molecular flexibility index (Phi) is 4.59. The molecule has 1 aromatic heterocycles. The third-order valence-electron chi connectivity index (χ3n) is 3.24. The van der Waals surface area contributed by atoms with Crippen LogP contribution in [0.1, 0.15) is 11.3 Å². The van der Waals surface area contributed by atoms with Gasteiger partial charge in [0.2, 0.25) is 0 Å². The molecule has 2 rings (SSSR count). The molecule has 0 saturated heterocycles. The number of ether oxygens (including phenoxy) is 2. The predicted molar refractivity (Wildman–Crippen MR) is 78.9 cm³/mol. The Bertz CT molecular complexity index is 695. The van der Waals surface area contributed by atoms with Crippen LogP contribution in [0.2, 0.25) is 0 Å². The topological polar surface area (TPSA) is 84.4 Å². The standard InChI is InChI=1S/C15H18N2O4/c1-9-11(6-7-18)15(19)17-14(16-9)10-4-5-12(20-2)13(8-10)21-3/h4-5,8,18H,6-7H2,1-3H3,(H,16,17,19). The summed E-state index contributed by atoms with van der Waals surface area (Å²) < 4.78 is 10.4. The Morgan fingerprint density at radius 1 is 1.24 bits per heavy atom. The second kappa shape index (κ2) is 6.41. The molecule has 0 bridgehead atoms. The van der Waals surface area contributed by atoms with Crippen molar-refractivity contribution in [3.8, 4) is 22.9 Å². The third-order valence-corrected chi connectivity index (χ3v) is 3.24. The van der Waals surface area contributed by atoms with Crippen LogP contribution in [0.5, 0.6) is 11.5 Å². The van der Waals surface area contributed by atoms with E-state index in [1.165, 1.54) is 0 Å². The number of aliphatic hydroxyl groups excluding tert-OH is 1. The summed E-state index contributed by atoms with van der Waals surface area (Å²) in [5, 5.41) is 8.97. The molecule has 6 nitrogen and oxygen atoms in total. The summed E-state index contributed by atoms with van der Waals surface area (Å²) in [4.78, 5) is 19.2. The fourth-order valence-corrected chi connectivity index (χ4v) is 2.14. The first-order valence-electron chi connectivity index (χ1n) is 6.53. The van der Waals surface area contributed by atoms with Crippen LogP contribution in [0.15, 0.2) is 23.0 Å². The lowest BCUT2D eigenvalue weighted by Crippen LogP contribution is -2.18. The highest BCUT2D eigenvalue weighted by Crippen LogP contribution is 2.30. The van der Waals surface area contributed by atoms with Crippen molar-refractivity contribution in [1.82, 2.24) is 9.97 Å². The van der Waals surface area contributed by atoms with Crippen molar-refractivity contribution < 1.29 is 14.6 Å². The van der Waals surface area contributed by atoms with Gasteiger partial charge in [0, 0.05) is 29.8 Å². The third kappa shape index (κ3) is 3.05. The Labute approximate surface area is 122 Å². The number of nitrogens with one attached hydrogen (secondary N) is 1. The molecule has 0 amide bonds. The predicted octanol–water partition coefficient (Wildman–Crippen LogP) is 1.30. The second-order valence-corrected chi connectivity index (χ2v) is 4.52. The minimum Gasteiger partial charge on any atom is -0.493 e. The molecule has 0 radical (unpaired) electrons. The van der Waals surface area contributed by atoms with Crippen LogP contribution in [0.3, 0.4) is 0 Å². The van der Waals surface area contributed by atoms with E-state index in [9.17, 15) is 4.79 Å². The average molecular weight is 290 g/mol. The maximum absolute atomic E-state index is 12.0. The van der Waals surface area contributed by atoms with Gasteiger partial charge in [-0.3, -0.25) is 4.79 Å². The van der Waals surface area contributed by atoms with Crippen LogP contribution in [0, 0.1) is 6.92 Å². The molecule has 0 aliphatic rings. The molecular weight excluding hydrogens is 272 g/mol. The van der Waals surface area contributed by atoms with Gasteiger partial charge in [-0.15, -0.1) is 0 Å². The van der Waals surface area contributed by atoms with E-state index in [2.05, 4.69) is 9.97 Å². The molecule has 2 aromatic rings. The number of aliphatic hydroxyl groups is 1. The van der Waals surface area contributed by atoms with Gasteiger partial charge in [-0.2, -0.15) is 0 Å². The van der Waals surface area contributed by atoms with E-state index in [4.69, 9.17) is 14.6 Å². The summed E-state index contributed by atoms with van der Waals surface area (Å²) >= 11 is 0. The van der Waals surface area contributed by atoms with Crippen LogP contribution in [-0.2, 0) is 6.42 Å². The van der Waals surface area contributed by atoms with Gasteiger partial charge in [0.1, 0.15) is 5.82 Å². The van der Waals surface area contributed by atoms with Crippen LogP contribution in [0.4, 0.5) is 0 Å².